The van der Waals surface area contributed by atoms with Gasteiger partial charge in [0.1, 0.15) is 0 Å². The highest BCUT2D eigenvalue weighted by Crippen LogP contribution is 2.17. The van der Waals surface area contributed by atoms with Crippen LogP contribution >= 0.6 is 34.8 Å². The average Bonchev–Trinajstić information content (AvgIpc) is 2.30. The van der Waals surface area contributed by atoms with Gasteiger partial charge in [0, 0.05) is 16.7 Å². The van der Waals surface area contributed by atoms with E-state index in [4.69, 9.17) is 34.8 Å². The monoisotopic (exact) mass is 294 g/mol. The van der Waals surface area contributed by atoms with E-state index in [9.17, 15) is 14.4 Å². The number of benzene rings is 1. The Morgan fingerprint density at radius 3 is 1.65 bits per heavy atom. The Kier molecular flexibility index (Phi) is 7.04. The zero-order valence-corrected chi connectivity index (χ0v) is 11.4. The third-order valence-corrected chi connectivity index (χ3v) is 2.30. The maximum Gasteiger partial charge on any atom is 0.253 e. The lowest BCUT2D eigenvalue weighted by atomic mass is 10.1. The van der Waals surface area contributed by atoms with E-state index in [1.807, 2.05) is 13.8 Å². The van der Waals surface area contributed by atoms with Crippen LogP contribution in [0.25, 0.3) is 0 Å². The molecule has 0 aromatic heterocycles. The van der Waals surface area contributed by atoms with Crippen molar-refractivity contribution in [1.82, 2.24) is 0 Å². The topological polar surface area (TPSA) is 51.2 Å². The van der Waals surface area contributed by atoms with Gasteiger partial charge in [0.25, 0.3) is 15.7 Å². The second kappa shape index (κ2) is 7.43. The minimum atomic E-state index is -0.876. The minimum absolute atomic E-state index is 0.0571. The summed E-state index contributed by atoms with van der Waals surface area (Å²) in [5, 5.41) is -2.45. The molecular weight excluding hydrogens is 286 g/mol. The Hall–Kier alpha value is -0.900. The molecule has 6 heteroatoms. The maximum atomic E-state index is 10.9. The fourth-order valence-electron chi connectivity index (χ4n) is 1.00. The highest BCUT2D eigenvalue weighted by atomic mass is 35.5. The SMILES string of the molecule is CC.O=C(Cl)c1ccc(C(=O)Cl)c(C(=O)Cl)c1. The molecule has 0 aliphatic carbocycles. The summed E-state index contributed by atoms with van der Waals surface area (Å²) in [7, 11) is 0. The van der Waals surface area contributed by atoms with Crippen LogP contribution in [0.3, 0.4) is 0 Å². The van der Waals surface area contributed by atoms with E-state index in [0.29, 0.717) is 0 Å². The molecule has 1 aromatic carbocycles. The molecule has 0 aliphatic rings. The largest absolute Gasteiger partial charge is 0.276 e. The Bertz CT molecular complexity index is 455. The standard InChI is InChI=1S/C9H3Cl3O3.C2H6/c10-7(13)4-1-2-5(8(11)14)6(3-4)9(12)15;1-2/h1-3H;1-2H3. The molecule has 0 radical (unpaired) electrons. The molecule has 17 heavy (non-hydrogen) atoms. The van der Waals surface area contributed by atoms with Gasteiger partial charge in [-0.05, 0) is 53.0 Å². The molecule has 0 amide bonds. The Labute approximate surface area is 114 Å². The first-order valence-corrected chi connectivity index (χ1v) is 5.80. The summed E-state index contributed by atoms with van der Waals surface area (Å²) in [6.45, 7) is 4.00. The van der Waals surface area contributed by atoms with E-state index in [1.54, 1.807) is 0 Å². The van der Waals surface area contributed by atoms with Crippen molar-refractivity contribution >= 4 is 50.5 Å². The van der Waals surface area contributed by atoms with Gasteiger partial charge in [0.2, 0.25) is 0 Å². The molecule has 0 unspecified atom stereocenters. The van der Waals surface area contributed by atoms with Crippen molar-refractivity contribution in [3.8, 4) is 0 Å². The van der Waals surface area contributed by atoms with Crippen LogP contribution in [0.1, 0.15) is 44.9 Å². The van der Waals surface area contributed by atoms with E-state index in [1.165, 1.54) is 12.1 Å². The van der Waals surface area contributed by atoms with Gasteiger partial charge in [-0.25, -0.2) is 0 Å². The first kappa shape index (κ1) is 16.1. The molecule has 0 aliphatic heterocycles. The van der Waals surface area contributed by atoms with Gasteiger partial charge in [-0.2, -0.15) is 0 Å². The second-order valence-corrected chi connectivity index (χ2v) is 3.61. The number of halogens is 3. The molecule has 0 saturated carbocycles. The number of rotatable bonds is 3. The van der Waals surface area contributed by atoms with Gasteiger partial charge in [-0.15, -0.1) is 0 Å². The molecule has 1 rings (SSSR count). The number of hydrogen-bond donors (Lipinski definition) is 0. The van der Waals surface area contributed by atoms with Crippen LogP contribution in [0.4, 0.5) is 0 Å². The predicted molar refractivity (Wildman–Crippen MR) is 68.3 cm³/mol. The van der Waals surface area contributed by atoms with E-state index in [-0.39, 0.29) is 16.7 Å². The lowest BCUT2D eigenvalue weighted by Crippen LogP contribution is -2.03. The molecule has 0 bridgehead atoms. The first-order chi connectivity index (χ1) is 7.93. The van der Waals surface area contributed by atoms with Gasteiger partial charge >= 0.3 is 0 Å². The van der Waals surface area contributed by atoms with Crippen molar-refractivity contribution in [2.75, 3.05) is 0 Å². The van der Waals surface area contributed by atoms with Crippen molar-refractivity contribution in [2.24, 2.45) is 0 Å². The van der Waals surface area contributed by atoms with Crippen LogP contribution in [0.15, 0.2) is 18.2 Å². The summed E-state index contributed by atoms with van der Waals surface area (Å²) in [6, 6.07) is 3.63. The highest BCUT2D eigenvalue weighted by molar-refractivity contribution is 6.72. The number of hydrogen-bond acceptors (Lipinski definition) is 3. The molecule has 0 fully saturated rings. The maximum absolute atomic E-state index is 10.9. The molecule has 1 aromatic rings. The minimum Gasteiger partial charge on any atom is -0.276 e. The summed E-state index contributed by atoms with van der Waals surface area (Å²) >= 11 is 15.6. The number of carbonyl (C=O) groups excluding carboxylic acids is 3. The zero-order valence-electron chi connectivity index (χ0n) is 9.09. The molecule has 0 heterocycles. The van der Waals surface area contributed by atoms with Crippen LogP contribution in [0, 0.1) is 0 Å². The summed E-state index contributed by atoms with van der Waals surface area (Å²) in [5.41, 5.74) is -0.121. The Morgan fingerprint density at radius 2 is 1.29 bits per heavy atom. The van der Waals surface area contributed by atoms with Gasteiger partial charge in [0.15, 0.2) is 0 Å². The fourth-order valence-corrected chi connectivity index (χ4v) is 1.44. The van der Waals surface area contributed by atoms with Crippen LogP contribution in [-0.2, 0) is 0 Å². The number of carbonyl (C=O) groups is 3. The van der Waals surface area contributed by atoms with Crippen LogP contribution in [0.2, 0.25) is 0 Å². The van der Waals surface area contributed by atoms with Crippen LogP contribution < -0.4 is 0 Å². The van der Waals surface area contributed by atoms with E-state index in [2.05, 4.69) is 0 Å². The third kappa shape index (κ3) is 4.46. The zero-order chi connectivity index (χ0) is 13.6. The Morgan fingerprint density at radius 1 is 0.824 bits per heavy atom. The highest BCUT2D eigenvalue weighted by Gasteiger charge is 2.16. The average molecular weight is 296 g/mol. The molecule has 0 spiro atoms. The smallest absolute Gasteiger partial charge is 0.253 e. The van der Waals surface area contributed by atoms with Crippen molar-refractivity contribution in [3.63, 3.8) is 0 Å². The third-order valence-electron chi connectivity index (χ3n) is 1.67. The summed E-state index contributed by atoms with van der Waals surface area (Å²) in [4.78, 5) is 32.6. The van der Waals surface area contributed by atoms with Crippen LogP contribution in [0.5, 0.6) is 0 Å². The van der Waals surface area contributed by atoms with Crippen molar-refractivity contribution in [2.45, 2.75) is 13.8 Å². The molecule has 0 N–H and O–H groups in total. The first-order valence-electron chi connectivity index (χ1n) is 4.67. The van der Waals surface area contributed by atoms with Crippen LogP contribution in [-0.4, -0.2) is 15.7 Å². The summed E-state index contributed by atoms with van der Waals surface area (Å²) in [5.74, 6) is 0. The van der Waals surface area contributed by atoms with Crippen molar-refractivity contribution < 1.29 is 14.4 Å². The Balaban J connectivity index is 0.00000121. The molecular formula is C11H9Cl3O3. The van der Waals surface area contributed by atoms with Gasteiger partial charge in [0.05, 0.1) is 0 Å². The molecule has 0 saturated heterocycles. The lowest BCUT2D eigenvalue weighted by molar-refractivity contribution is 0.105. The van der Waals surface area contributed by atoms with Gasteiger partial charge in [-0.1, -0.05) is 13.8 Å². The van der Waals surface area contributed by atoms with E-state index >= 15 is 0 Å². The van der Waals surface area contributed by atoms with Crippen molar-refractivity contribution in [3.05, 3.63) is 34.9 Å². The predicted octanol–water partition coefficient (Wildman–Crippen LogP) is 3.85. The second-order valence-electron chi connectivity index (χ2n) is 2.58. The van der Waals surface area contributed by atoms with E-state index < -0.39 is 15.7 Å². The molecule has 3 nitrogen and oxygen atoms in total. The molecule has 92 valence electrons. The molecule has 0 atom stereocenters. The normalized spacial score (nSPS) is 9.00. The van der Waals surface area contributed by atoms with Gasteiger partial charge < -0.3 is 0 Å². The van der Waals surface area contributed by atoms with Gasteiger partial charge in [-0.3, -0.25) is 14.4 Å². The summed E-state index contributed by atoms with van der Waals surface area (Å²) < 4.78 is 0. The van der Waals surface area contributed by atoms with Crippen molar-refractivity contribution in [1.29, 1.82) is 0 Å². The quantitative estimate of drug-likeness (QED) is 0.796. The van der Waals surface area contributed by atoms with E-state index in [0.717, 1.165) is 6.07 Å². The summed E-state index contributed by atoms with van der Waals surface area (Å²) in [6.07, 6.45) is 0. The fraction of sp³-hybridized carbons (Fsp3) is 0.182. The lowest BCUT2D eigenvalue weighted by Gasteiger charge is -2.02.